The molecule has 2 nitrogen and oxygen atoms in total. The van der Waals surface area contributed by atoms with Crippen molar-refractivity contribution in [2.45, 2.75) is 0 Å². The molecule has 0 aromatic carbocycles. The summed E-state index contributed by atoms with van der Waals surface area (Å²) in [5.74, 6) is 0. The molecular formula is H12F6N2Sn. The van der Waals surface area contributed by atoms with E-state index in [-0.39, 0.29) is 64.4 Å². The summed E-state index contributed by atoms with van der Waals surface area (Å²) in [6, 6.07) is 0. The minimum Gasteiger partial charge on any atom is -0.344 e. The predicted molar refractivity (Wildman–Crippen MR) is 30.8 cm³/mol. The topological polar surface area (TPSA) is 70.0 Å². The number of hydrogen-bond donors (Lipinski definition) is 2. The van der Waals surface area contributed by atoms with Crippen LogP contribution >= 0.6 is 0 Å². The second-order valence-corrected chi connectivity index (χ2v) is 0. The van der Waals surface area contributed by atoms with Crippen LogP contribution in [0.2, 0.25) is 0 Å². The molecule has 0 aromatic heterocycles. The first-order chi connectivity index (χ1) is 0. The van der Waals surface area contributed by atoms with Crippen LogP contribution in [0.5, 0.6) is 0 Å². The minimum atomic E-state index is 0. The second-order valence-electron chi connectivity index (χ2n) is 0. The Morgan fingerprint density at radius 1 is 0.333 bits per heavy atom. The first-order valence-electron chi connectivity index (χ1n) is 0. The summed E-state index contributed by atoms with van der Waals surface area (Å²) < 4.78 is 0. The van der Waals surface area contributed by atoms with Crippen LogP contribution in [0.4, 0.5) is 28.2 Å². The first-order valence-corrected chi connectivity index (χ1v) is 0. The summed E-state index contributed by atoms with van der Waals surface area (Å²) >= 11 is 0. The van der Waals surface area contributed by atoms with Crippen LogP contribution in [0.3, 0.4) is 0 Å². The van der Waals surface area contributed by atoms with Gasteiger partial charge in [0, 0.05) is 23.9 Å². The number of hydrogen-bond acceptors (Lipinski definition) is 2. The molecular weight excluding hydrogens is 261 g/mol. The van der Waals surface area contributed by atoms with Crippen molar-refractivity contribution in [3.05, 3.63) is 0 Å². The smallest absolute Gasteiger partial charge is 0 e. The normalized spacial score (nSPS) is 0. The Bertz CT molecular complexity index is 11.0. The van der Waals surface area contributed by atoms with Gasteiger partial charge in [0.2, 0.25) is 0 Å². The van der Waals surface area contributed by atoms with Crippen LogP contribution in [0.1, 0.15) is 0 Å². The van der Waals surface area contributed by atoms with Crippen molar-refractivity contribution < 1.29 is 28.2 Å². The molecule has 0 amide bonds. The number of halogens is 6. The van der Waals surface area contributed by atoms with Gasteiger partial charge in [0.15, 0.2) is 0 Å². The van der Waals surface area contributed by atoms with E-state index in [0.29, 0.717) is 0 Å². The Kier molecular flexibility index (Phi) is 3950000. The van der Waals surface area contributed by atoms with Crippen molar-refractivity contribution in [2.75, 3.05) is 0 Å². The first kappa shape index (κ1) is 7180. The Hall–Kier alpha value is 0.299. The molecule has 0 atom stereocenters. The Labute approximate surface area is 65.1 Å². The van der Waals surface area contributed by atoms with Gasteiger partial charge in [-0.3, -0.25) is 28.2 Å². The Morgan fingerprint density at radius 3 is 0.333 bits per heavy atom. The third-order valence-electron chi connectivity index (χ3n) is 0. The van der Waals surface area contributed by atoms with Gasteiger partial charge >= 0.3 is 0 Å². The summed E-state index contributed by atoms with van der Waals surface area (Å²) in [5.41, 5.74) is 0. The van der Waals surface area contributed by atoms with Crippen LogP contribution in [0.25, 0.3) is 0 Å². The van der Waals surface area contributed by atoms with E-state index in [1.165, 1.54) is 0 Å². The van der Waals surface area contributed by atoms with Gasteiger partial charge in [-0.2, -0.15) is 0 Å². The molecule has 0 aliphatic heterocycles. The van der Waals surface area contributed by atoms with Gasteiger partial charge in [-0.05, 0) is 0 Å². The molecule has 0 heterocycles. The summed E-state index contributed by atoms with van der Waals surface area (Å²) in [4.78, 5) is 0. The maximum atomic E-state index is 0. The van der Waals surface area contributed by atoms with Crippen molar-refractivity contribution in [3.8, 4) is 0 Å². The zero-order valence-corrected chi connectivity index (χ0v) is 7.22. The van der Waals surface area contributed by atoms with Crippen LogP contribution in [-0.4, -0.2) is 23.9 Å². The molecule has 0 spiro atoms. The molecule has 0 saturated carbocycles. The zero-order valence-electron chi connectivity index (χ0n) is 4.36. The fourth-order valence-corrected chi connectivity index (χ4v) is 0. The Morgan fingerprint density at radius 2 is 0.333 bits per heavy atom. The van der Waals surface area contributed by atoms with Crippen molar-refractivity contribution >= 4 is 23.9 Å². The molecule has 9 heteroatoms. The van der Waals surface area contributed by atoms with Gasteiger partial charge < -0.3 is 12.3 Å². The molecule has 0 aliphatic rings. The fourth-order valence-electron chi connectivity index (χ4n) is 0. The molecule has 6 N–H and O–H groups in total. The molecule has 4 radical (unpaired) electrons. The molecule has 0 unspecified atom stereocenters. The van der Waals surface area contributed by atoms with Crippen molar-refractivity contribution in [1.29, 1.82) is 0 Å². The van der Waals surface area contributed by atoms with Gasteiger partial charge in [0.05, 0.1) is 0 Å². The molecule has 0 aliphatic carbocycles. The van der Waals surface area contributed by atoms with Crippen LogP contribution in [-0.2, 0) is 0 Å². The number of rotatable bonds is 0. The maximum absolute atomic E-state index is 0. The van der Waals surface area contributed by atoms with E-state index in [1.807, 2.05) is 0 Å². The third kappa shape index (κ3) is 3690. The molecule has 9 heavy (non-hydrogen) atoms. The molecule has 0 fully saturated rings. The zero-order chi connectivity index (χ0) is 0. The molecule has 0 rings (SSSR count). The third-order valence-corrected chi connectivity index (χ3v) is 0. The largest absolute Gasteiger partial charge is 0.344 e. The minimum absolute atomic E-state index is 0. The second kappa shape index (κ2) is 4950. The fraction of sp³-hybridized carbons (Fsp3) is 0. The molecule has 0 bridgehead atoms. The van der Waals surface area contributed by atoms with E-state index in [0.717, 1.165) is 0 Å². The van der Waals surface area contributed by atoms with Gasteiger partial charge in [0.25, 0.3) is 0 Å². The summed E-state index contributed by atoms with van der Waals surface area (Å²) in [6.07, 6.45) is 0. The maximum Gasteiger partial charge on any atom is 0 e. The predicted octanol–water partition coefficient (Wildman–Crippen LogP) is 0.858. The van der Waals surface area contributed by atoms with Gasteiger partial charge in [-0.15, -0.1) is 0 Å². The van der Waals surface area contributed by atoms with E-state index in [2.05, 4.69) is 0 Å². The van der Waals surface area contributed by atoms with E-state index in [4.69, 9.17) is 0 Å². The van der Waals surface area contributed by atoms with Crippen molar-refractivity contribution in [3.63, 3.8) is 0 Å². The average Bonchev–Trinajstić information content (AvgIpc) is 0. The van der Waals surface area contributed by atoms with Crippen LogP contribution < -0.4 is 12.3 Å². The summed E-state index contributed by atoms with van der Waals surface area (Å²) in [6.45, 7) is 0. The summed E-state index contributed by atoms with van der Waals surface area (Å²) in [7, 11) is 0. The molecule has 0 aromatic rings. The summed E-state index contributed by atoms with van der Waals surface area (Å²) in [5, 5.41) is 0. The van der Waals surface area contributed by atoms with Crippen LogP contribution in [0.15, 0.2) is 0 Å². The van der Waals surface area contributed by atoms with Gasteiger partial charge in [0.1, 0.15) is 0 Å². The molecule has 68 valence electrons. The van der Waals surface area contributed by atoms with E-state index in [9.17, 15) is 0 Å². The standard InChI is InChI=1S/6FH.2H3N.Sn/h6*1H;2*1H3;. The van der Waals surface area contributed by atoms with Crippen molar-refractivity contribution in [2.24, 2.45) is 0 Å². The van der Waals surface area contributed by atoms with Gasteiger partial charge in [-0.25, -0.2) is 0 Å². The molecule has 0 saturated heterocycles. The van der Waals surface area contributed by atoms with Crippen LogP contribution in [0, 0.1) is 0 Å². The quantitative estimate of drug-likeness (QED) is 0.507. The van der Waals surface area contributed by atoms with E-state index in [1.54, 1.807) is 0 Å². The van der Waals surface area contributed by atoms with Crippen molar-refractivity contribution in [1.82, 2.24) is 12.3 Å². The van der Waals surface area contributed by atoms with Gasteiger partial charge in [-0.1, -0.05) is 0 Å². The monoisotopic (exact) mass is 274 g/mol. The Balaban J connectivity index is 0. The average molecular weight is 273 g/mol. The SMILES string of the molecule is F.F.F.F.F.F.N.N.[Sn]. The van der Waals surface area contributed by atoms with E-state index >= 15 is 0 Å². The van der Waals surface area contributed by atoms with E-state index < -0.39 is 0 Å².